The zero-order chi connectivity index (χ0) is 38.0. The predicted octanol–water partition coefficient (Wildman–Crippen LogP) is 6.96. The molecule has 0 spiro atoms. The Morgan fingerprint density at radius 3 is 2.23 bits per heavy atom. The Balaban J connectivity index is 1.05. The summed E-state index contributed by atoms with van der Waals surface area (Å²) in [7, 11) is -2.72. The van der Waals surface area contributed by atoms with E-state index in [4.69, 9.17) is 9.47 Å². The fourth-order valence-corrected chi connectivity index (χ4v) is 6.85. The number of para-hydroxylation sites is 1. The molecule has 53 heavy (non-hydrogen) atoms. The molecule has 1 aliphatic rings. The van der Waals surface area contributed by atoms with Crippen LogP contribution in [0.3, 0.4) is 0 Å². The molecule has 1 fully saturated rings. The molecule has 11 nitrogen and oxygen atoms in total. The maximum atomic E-state index is 13.5. The van der Waals surface area contributed by atoms with Gasteiger partial charge < -0.3 is 23.7 Å². The van der Waals surface area contributed by atoms with E-state index in [-0.39, 0.29) is 23.2 Å². The quantitative estimate of drug-likeness (QED) is 0.144. The number of halogens is 6. The number of sulfonamides is 1. The van der Waals surface area contributed by atoms with Crippen LogP contribution in [0.1, 0.15) is 16.1 Å². The molecule has 3 aromatic carbocycles. The summed E-state index contributed by atoms with van der Waals surface area (Å²) in [5.74, 6) is -0.417. The molecule has 5 aromatic rings. The van der Waals surface area contributed by atoms with Crippen molar-refractivity contribution in [2.75, 3.05) is 37.5 Å². The lowest BCUT2D eigenvalue weighted by atomic mass is 10.2. The molecule has 2 aromatic heterocycles. The second-order valence-corrected chi connectivity index (χ2v) is 13.7. The number of hydrogen-bond acceptors (Lipinski definition) is 8. The van der Waals surface area contributed by atoms with Gasteiger partial charge >= 0.3 is 12.5 Å². The maximum absolute atomic E-state index is 13.5. The van der Waals surface area contributed by atoms with Crippen molar-refractivity contribution in [1.29, 1.82) is 0 Å². The van der Waals surface area contributed by atoms with Gasteiger partial charge in [-0.05, 0) is 54.1 Å². The second kappa shape index (κ2) is 14.9. The van der Waals surface area contributed by atoms with Crippen molar-refractivity contribution >= 4 is 32.5 Å². The summed E-state index contributed by atoms with van der Waals surface area (Å²) in [6.07, 6.45) is -8.36. The van der Waals surface area contributed by atoms with Crippen molar-refractivity contribution < 1.29 is 53.8 Å². The molecule has 0 bridgehead atoms. The molecule has 0 aliphatic carbocycles. The van der Waals surface area contributed by atoms with Crippen LogP contribution in [0.5, 0.6) is 23.1 Å². The van der Waals surface area contributed by atoms with Gasteiger partial charge in [-0.3, -0.25) is 14.4 Å². The Hall–Kier alpha value is -5.49. The van der Waals surface area contributed by atoms with E-state index in [0.717, 1.165) is 29.3 Å². The van der Waals surface area contributed by atoms with Crippen molar-refractivity contribution in [1.82, 2.24) is 19.4 Å². The first-order chi connectivity index (χ1) is 25.0. The highest BCUT2D eigenvalue weighted by Gasteiger charge is 2.34. The van der Waals surface area contributed by atoms with Gasteiger partial charge in [0.1, 0.15) is 27.8 Å². The van der Waals surface area contributed by atoms with Gasteiger partial charge in [-0.15, -0.1) is 13.2 Å². The first kappa shape index (κ1) is 37.3. The lowest BCUT2D eigenvalue weighted by Crippen LogP contribution is -2.48. The van der Waals surface area contributed by atoms with E-state index in [1.165, 1.54) is 36.4 Å². The number of carbonyl (C=O) groups is 1. The molecule has 0 atom stereocenters. The third kappa shape index (κ3) is 9.50. The standard InChI is InChI=1S/C35H31F6N5O6S/c1-44-28-19-27(51-32-13-9-25(20-42-32)43-53(48,49)31-5-3-2-4-30(31)52-35(39,40)41)12-8-24(28)18-29(44)33(47)46-16-14-45(15-17-46)21-23-6-10-26(11-7-23)50-22-34(36,37)38/h2-13,18-20,43H,14-17,21-22H2,1H3. The van der Waals surface area contributed by atoms with Crippen LogP contribution in [0, 0.1) is 0 Å². The zero-order valence-electron chi connectivity index (χ0n) is 27.8. The number of piperazine rings is 1. The fourth-order valence-electron chi connectivity index (χ4n) is 5.68. The number of benzene rings is 3. The van der Waals surface area contributed by atoms with Gasteiger partial charge in [-0.1, -0.05) is 24.3 Å². The molecule has 18 heteroatoms. The number of anilines is 1. The van der Waals surface area contributed by atoms with Crippen LogP contribution >= 0.6 is 0 Å². The van der Waals surface area contributed by atoms with Crippen LogP contribution in [0.15, 0.2) is 96.0 Å². The number of nitrogens with zero attached hydrogens (tertiary/aromatic N) is 4. The smallest absolute Gasteiger partial charge is 0.484 e. The molecule has 1 N–H and O–H groups in total. The number of carbonyl (C=O) groups excluding carboxylic acids is 1. The minimum absolute atomic E-state index is 0.0342. The number of rotatable bonds is 11. The van der Waals surface area contributed by atoms with Crippen molar-refractivity contribution in [3.8, 4) is 23.1 Å². The second-order valence-electron chi connectivity index (χ2n) is 12.0. The van der Waals surface area contributed by atoms with Crippen LogP contribution in [-0.4, -0.2) is 79.0 Å². The first-order valence-corrected chi connectivity index (χ1v) is 17.4. The largest absolute Gasteiger partial charge is 0.573 e. The van der Waals surface area contributed by atoms with Crippen LogP contribution in [0.4, 0.5) is 32.0 Å². The number of amides is 1. The van der Waals surface area contributed by atoms with Crippen molar-refractivity contribution in [3.63, 3.8) is 0 Å². The molecule has 280 valence electrons. The average Bonchev–Trinajstić information content (AvgIpc) is 3.43. The monoisotopic (exact) mass is 763 g/mol. The number of alkyl halides is 6. The van der Waals surface area contributed by atoms with Gasteiger partial charge in [-0.25, -0.2) is 13.4 Å². The third-order valence-corrected chi connectivity index (χ3v) is 9.62. The lowest BCUT2D eigenvalue weighted by molar-refractivity contribution is -0.275. The van der Waals surface area contributed by atoms with Gasteiger partial charge in [0.2, 0.25) is 5.88 Å². The number of aryl methyl sites for hydroxylation is 1. The predicted molar refractivity (Wildman–Crippen MR) is 180 cm³/mol. The molecule has 1 amide bonds. The van der Waals surface area contributed by atoms with E-state index in [2.05, 4.69) is 19.3 Å². The van der Waals surface area contributed by atoms with E-state index in [0.29, 0.717) is 49.7 Å². The van der Waals surface area contributed by atoms with Crippen molar-refractivity contribution in [2.45, 2.75) is 24.0 Å². The highest BCUT2D eigenvalue weighted by atomic mass is 32.2. The fraction of sp³-hybridized carbons (Fsp3) is 0.257. The van der Waals surface area contributed by atoms with E-state index in [1.807, 2.05) is 0 Å². The molecule has 1 aliphatic heterocycles. The topological polar surface area (TPSA) is 115 Å². The number of nitrogens with one attached hydrogen (secondary N) is 1. The zero-order valence-corrected chi connectivity index (χ0v) is 28.6. The summed E-state index contributed by atoms with van der Waals surface area (Å²) in [6, 6.07) is 20.5. The number of pyridine rings is 1. The number of hydrogen-bond donors (Lipinski definition) is 1. The Morgan fingerprint density at radius 2 is 1.57 bits per heavy atom. The summed E-state index contributed by atoms with van der Waals surface area (Å²) in [5.41, 5.74) is 2.05. The van der Waals surface area contributed by atoms with Crippen LogP contribution < -0.4 is 18.9 Å². The van der Waals surface area contributed by atoms with E-state index < -0.39 is 39.8 Å². The first-order valence-electron chi connectivity index (χ1n) is 15.9. The minimum Gasteiger partial charge on any atom is -0.484 e. The van der Waals surface area contributed by atoms with E-state index in [9.17, 15) is 39.6 Å². The highest BCUT2D eigenvalue weighted by Crippen LogP contribution is 2.32. The molecule has 1 saturated heterocycles. The molecule has 6 rings (SSSR count). The van der Waals surface area contributed by atoms with E-state index >= 15 is 0 Å². The van der Waals surface area contributed by atoms with Gasteiger partial charge in [0.05, 0.1) is 17.4 Å². The maximum Gasteiger partial charge on any atom is 0.573 e. The molecule has 0 radical (unpaired) electrons. The molecule has 3 heterocycles. The molecular formula is C35H31F6N5O6S. The highest BCUT2D eigenvalue weighted by molar-refractivity contribution is 7.92. The Morgan fingerprint density at radius 1 is 0.868 bits per heavy atom. The summed E-state index contributed by atoms with van der Waals surface area (Å²) in [5, 5.41) is 0.789. The van der Waals surface area contributed by atoms with Crippen molar-refractivity contribution in [2.24, 2.45) is 7.05 Å². The summed E-state index contributed by atoms with van der Waals surface area (Å²) in [4.78, 5) is 20.9. The Labute approximate surface area is 299 Å². The average molecular weight is 764 g/mol. The van der Waals surface area contributed by atoms with Crippen LogP contribution in [0.25, 0.3) is 10.9 Å². The molecular weight excluding hydrogens is 732 g/mol. The normalized spacial score (nSPS) is 14.3. The van der Waals surface area contributed by atoms with E-state index in [1.54, 1.807) is 52.9 Å². The van der Waals surface area contributed by atoms with Gasteiger partial charge in [0, 0.05) is 57.3 Å². The number of ether oxygens (including phenoxy) is 3. The summed E-state index contributed by atoms with van der Waals surface area (Å²) < 4.78 is 120. The van der Waals surface area contributed by atoms with Gasteiger partial charge in [0.25, 0.3) is 15.9 Å². The SMILES string of the molecule is Cn1c(C(=O)N2CCN(Cc3ccc(OCC(F)(F)F)cc3)CC2)cc2ccc(Oc3ccc(NS(=O)(=O)c4ccccc4OC(F)(F)F)cn3)cc21. The lowest BCUT2D eigenvalue weighted by Gasteiger charge is -2.34. The Kier molecular flexibility index (Phi) is 10.5. The third-order valence-electron chi connectivity index (χ3n) is 8.20. The minimum atomic E-state index is -5.09. The van der Waals surface area contributed by atoms with Gasteiger partial charge in [-0.2, -0.15) is 13.2 Å². The number of aromatic nitrogens is 2. The molecule has 0 saturated carbocycles. The molecule has 0 unspecified atom stereocenters. The summed E-state index contributed by atoms with van der Waals surface area (Å²) in [6.45, 7) is 1.38. The van der Waals surface area contributed by atoms with Crippen LogP contribution in [0.2, 0.25) is 0 Å². The Bertz CT molecular complexity index is 2180. The van der Waals surface area contributed by atoms with Crippen molar-refractivity contribution in [3.05, 3.63) is 102 Å². The number of fused-ring (bicyclic) bond motifs is 1. The summed E-state index contributed by atoms with van der Waals surface area (Å²) >= 11 is 0. The van der Waals surface area contributed by atoms with Crippen LogP contribution in [-0.2, 0) is 23.6 Å². The van der Waals surface area contributed by atoms with Gasteiger partial charge in [0.15, 0.2) is 6.61 Å².